The van der Waals surface area contributed by atoms with Crippen LogP contribution in [0.2, 0.25) is 0 Å². The predicted octanol–water partition coefficient (Wildman–Crippen LogP) is -3.54. The lowest BCUT2D eigenvalue weighted by atomic mass is 10.3. The molecular formula is C16H37ClN2O4. The van der Waals surface area contributed by atoms with Crippen LogP contribution in [0, 0.1) is 0 Å². The Morgan fingerprint density at radius 3 is 1.13 bits per heavy atom. The van der Waals surface area contributed by atoms with Gasteiger partial charge < -0.3 is 41.5 Å². The largest absolute Gasteiger partial charge is 1.00 e. The summed E-state index contributed by atoms with van der Waals surface area (Å²) in [5, 5.41) is 27.2. The zero-order valence-corrected chi connectivity index (χ0v) is 17.0. The fourth-order valence-corrected chi connectivity index (χ4v) is 1.59. The summed E-state index contributed by atoms with van der Waals surface area (Å²) in [5.41, 5.74) is 0.0648. The Hall–Kier alpha value is -0.660. The van der Waals surface area contributed by atoms with E-state index in [1.165, 1.54) is 6.92 Å². The molecule has 0 fully saturated rings. The summed E-state index contributed by atoms with van der Waals surface area (Å²) in [6, 6.07) is 0. The maximum Gasteiger partial charge on any atom is 0.104 e. The number of hydrogen-bond donors (Lipinski definition) is 2. The van der Waals surface area contributed by atoms with E-state index in [4.69, 9.17) is 10.2 Å². The SMILES string of the molecule is C=C(C)C(=O)[O-].CC(O)C[N+](C)(C)C.CC(O)C[N+](C)(C)C.[Cl-]. The van der Waals surface area contributed by atoms with E-state index in [-0.39, 0.29) is 30.2 Å². The normalized spacial score (nSPS) is 13.2. The summed E-state index contributed by atoms with van der Waals surface area (Å²) >= 11 is 0. The van der Waals surface area contributed by atoms with Gasteiger partial charge in [0, 0.05) is 0 Å². The highest BCUT2D eigenvalue weighted by atomic mass is 35.5. The van der Waals surface area contributed by atoms with E-state index in [9.17, 15) is 9.90 Å². The molecule has 0 saturated heterocycles. The Balaban J connectivity index is -0.000000117. The molecule has 0 aromatic carbocycles. The number of carbonyl (C=O) groups excluding carboxylic acids is 1. The summed E-state index contributed by atoms with van der Waals surface area (Å²) in [4.78, 5) is 9.49. The number of carbonyl (C=O) groups is 1. The van der Waals surface area contributed by atoms with Crippen molar-refractivity contribution in [1.29, 1.82) is 0 Å². The minimum absolute atomic E-state index is 0. The van der Waals surface area contributed by atoms with E-state index in [0.29, 0.717) is 0 Å². The van der Waals surface area contributed by atoms with Crippen molar-refractivity contribution in [1.82, 2.24) is 0 Å². The van der Waals surface area contributed by atoms with Gasteiger partial charge in [0.25, 0.3) is 0 Å². The Kier molecular flexibility index (Phi) is 18.1. The van der Waals surface area contributed by atoms with Crippen LogP contribution in [0.3, 0.4) is 0 Å². The molecule has 0 aliphatic rings. The molecule has 0 radical (unpaired) electrons. The highest BCUT2D eigenvalue weighted by Gasteiger charge is 2.10. The molecule has 0 aliphatic carbocycles. The number of carboxylic acid groups (broad SMARTS) is 1. The van der Waals surface area contributed by atoms with Gasteiger partial charge in [0.2, 0.25) is 0 Å². The van der Waals surface area contributed by atoms with Crippen LogP contribution in [0.5, 0.6) is 0 Å². The van der Waals surface area contributed by atoms with Gasteiger partial charge in [-0.1, -0.05) is 6.58 Å². The number of rotatable bonds is 5. The second-order valence-corrected chi connectivity index (χ2v) is 7.71. The molecule has 0 rings (SSSR count). The fraction of sp³-hybridized carbons (Fsp3) is 0.812. The highest BCUT2D eigenvalue weighted by Crippen LogP contribution is 1.92. The van der Waals surface area contributed by atoms with Gasteiger partial charge in [-0.3, -0.25) is 0 Å². The molecule has 2 unspecified atom stereocenters. The van der Waals surface area contributed by atoms with E-state index in [1.807, 2.05) is 13.8 Å². The Morgan fingerprint density at radius 2 is 1.13 bits per heavy atom. The van der Waals surface area contributed by atoms with Crippen LogP contribution in [0.4, 0.5) is 0 Å². The number of aliphatic hydroxyl groups is 2. The lowest BCUT2D eigenvalue weighted by Crippen LogP contribution is -3.00. The topological polar surface area (TPSA) is 80.6 Å². The minimum Gasteiger partial charge on any atom is -1.00 e. The first-order valence-corrected chi connectivity index (χ1v) is 7.32. The van der Waals surface area contributed by atoms with Gasteiger partial charge in [-0.15, -0.1) is 0 Å². The smallest absolute Gasteiger partial charge is 0.104 e. The van der Waals surface area contributed by atoms with Gasteiger partial charge in [-0.05, 0) is 26.3 Å². The molecule has 23 heavy (non-hydrogen) atoms. The molecule has 0 aliphatic heterocycles. The average Bonchev–Trinajstić information content (AvgIpc) is 2.09. The lowest BCUT2D eigenvalue weighted by Gasteiger charge is -2.24. The van der Waals surface area contributed by atoms with Gasteiger partial charge in [0.1, 0.15) is 25.3 Å². The fourth-order valence-electron chi connectivity index (χ4n) is 1.59. The molecule has 0 bridgehead atoms. The number of aliphatic hydroxyl groups excluding tert-OH is 2. The summed E-state index contributed by atoms with van der Waals surface area (Å²) in [6.45, 7) is 9.73. The van der Waals surface area contributed by atoms with Gasteiger partial charge >= 0.3 is 0 Å². The van der Waals surface area contributed by atoms with E-state index in [1.54, 1.807) is 0 Å². The van der Waals surface area contributed by atoms with Gasteiger partial charge in [-0.25, -0.2) is 0 Å². The maximum atomic E-state index is 9.49. The van der Waals surface area contributed by atoms with Crippen LogP contribution in [0.25, 0.3) is 0 Å². The zero-order chi connectivity index (χ0) is 18.7. The average molecular weight is 357 g/mol. The van der Waals surface area contributed by atoms with Crippen molar-refractivity contribution in [3.8, 4) is 0 Å². The summed E-state index contributed by atoms with van der Waals surface area (Å²) in [7, 11) is 12.4. The van der Waals surface area contributed by atoms with Crippen LogP contribution in [0.15, 0.2) is 12.2 Å². The zero-order valence-electron chi connectivity index (χ0n) is 16.3. The highest BCUT2D eigenvalue weighted by molar-refractivity contribution is 5.82. The number of halogens is 1. The van der Waals surface area contributed by atoms with Gasteiger partial charge in [0.05, 0.1) is 48.3 Å². The van der Waals surface area contributed by atoms with Crippen molar-refractivity contribution in [3.63, 3.8) is 0 Å². The van der Waals surface area contributed by atoms with Crippen LogP contribution in [0.1, 0.15) is 20.8 Å². The van der Waals surface area contributed by atoms with E-state index in [2.05, 4.69) is 48.9 Å². The number of likely N-dealkylation sites (N-methyl/N-ethyl adjacent to an activating group) is 2. The maximum absolute atomic E-state index is 9.49. The number of quaternary nitrogens is 2. The first-order chi connectivity index (χ1) is 9.48. The van der Waals surface area contributed by atoms with Crippen molar-refractivity contribution in [2.45, 2.75) is 33.0 Å². The first-order valence-electron chi connectivity index (χ1n) is 7.32. The molecule has 142 valence electrons. The Bertz CT molecular complexity index is 287. The number of hydrogen-bond acceptors (Lipinski definition) is 4. The molecule has 0 heterocycles. The molecule has 0 spiro atoms. The molecule has 0 saturated carbocycles. The number of nitrogens with zero attached hydrogens (tertiary/aromatic N) is 2. The third kappa shape index (κ3) is 44.9. The molecule has 2 atom stereocenters. The van der Waals surface area contributed by atoms with Crippen LogP contribution < -0.4 is 17.5 Å². The number of aliphatic carboxylic acids is 1. The van der Waals surface area contributed by atoms with Crippen LogP contribution in [-0.4, -0.2) is 92.7 Å². The summed E-state index contributed by atoms with van der Waals surface area (Å²) in [6.07, 6.45) is -0.370. The van der Waals surface area contributed by atoms with Crippen LogP contribution in [-0.2, 0) is 4.79 Å². The van der Waals surface area contributed by atoms with Crippen molar-refractivity contribution < 1.29 is 41.5 Å². The Morgan fingerprint density at radius 1 is 0.957 bits per heavy atom. The predicted molar refractivity (Wildman–Crippen MR) is 89.0 cm³/mol. The monoisotopic (exact) mass is 356 g/mol. The summed E-state index contributed by atoms with van der Waals surface area (Å²) < 4.78 is 1.66. The molecule has 0 aromatic rings. The van der Waals surface area contributed by atoms with Crippen molar-refractivity contribution >= 4 is 5.97 Å². The third-order valence-corrected chi connectivity index (χ3v) is 1.97. The molecule has 0 amide bonds. The lowest BCUT2D eigenvalue weighted by molar-refractivity contribution is -0.873. The number of carboxylic acids is 1. The second-order valence-electron chi connectivity index (χ2n) is 7.71. The molecular weight excluding hydrogens is 320 g/mol. The van der Waals surface area contributed by atoms with Gasteiger partial charge in [0.15, 0.2) is 0 Å². The summed E-state index contributed by atoms with van der Waals surface area (Å²) in [5.74, 6) is -1.19. The van der Waals surface area contributed by atoms with Crippen molar-refractivity contribution in [2.24, 2.45) is 0 Å². The Labute approximate surface area is 148 Å². The van der Waals surface area contributed by atoms with Gasteiger partial charge in [-0.2, -0.15) is 0 Å². The first kappa shape index (κ1) is 30.2. The minimum atomic E-state index is -1.19. The second kappa shape index (κ2) is 13.7. The molecule has 2 N–H and O–H groups in total. The van der Waals surface area contributed by atoms with E-state index in [0.717, 1.165) is 22.1 Å². The van der Waals surface area contributed by atoms with E-state index >= 15 is 0 Å². The standard InChI is InChI=1S/2C6H16NO.C4H6O2.ClH/c2*1-6(8)5-7(2,3)4;1-3(2)4(5)6;/h2*6,8H,5H2,1-4H3;1H2,2H3,(H,5,6);1H/q2*+1;;/p-2. The van der Waals surface area contributed by atoms with Crippen molar-refractivity contribution in [2.75, 3.05) is 55.4 Å². The molecule has 0 aromatic heterocycles. The third-order valence-electron chi connectivity index (χ3n) is 1.97. The van der Waals surface area contributed by atoms with Crippen molar-refractivity contribution in [3.05, 3.63) is 12.2 Å². The molecule has 6 nitrogen and oxygen atoms in total. The quantitative estimate of drug-likeness (QED) is 0.395. The van der Waals surface area contributed by atoms with Crippen LogP contribution >= 0.6 is 0 Å². The van der Waals surface area contributed by atoms with E-state index < -0.39 is 5.97 Å². The molecule has 7 heteroatoms.